The van der Waals surface area contributed by atoms with Crippen LogP contribution in [0.5, 0.6) is 0 Å². The van der Waals surface area contributed by atoms with Gasteiger partial charge >= 0.3 is 0 Å². The van der Waals surface area contributed by atoms with Crippen molar-refractivity contribution in [3.63, 3.8) is 0 Å². The van der Waals surface area contributed by atoms with Crippen molar-refractivity contribution in [3.05, 3.63) is 0 Å². The van der Waals surface area contributed by atoms with Gasteiger partial charge < -0.3 is 10.1 Å². The minimum Gasteiger partial charge on any atom is -0.377 e. The van der Waals surface area contributed by atoms with Crippen molar-refractivity contribution in [2.75, 3.05) is 13.7 Å². The van der Waals surface area contributed by atoms with Gasteiger partial charge in [0.25, 0.3) is 0 Å². The predicted octanol–water partition coefficient (Wildman–Crippen LogP) is 3.22. The van der Waals surface area contributed by atoms with Gasteiger partial charge in [-0.1, -0.05) is 33.6 Å². The molecule has 0 saturated carbocycles. The highest BCUT2D eigenvalue weighted by Gasteiger charge is 2.17. The molecule has 92 valence electrons. The molecule has 0 aromatic rings. The number of rotatable bonds is 9. The molecule has 0 heterocycles. The number of nitrogens with one attached hydrogen (secondary N) is 1. The minimum atomic E-state index is 0.382. The summed E-state index contributed by atoms with van der Waals surface area (Å²) in [5.41, 5.74) is 0. The molecule has 0 spiro atoms. The number of likely N-dealkylation sites (N-methyl/N-ethyl adjacent to an activating group) is 1. The lowest BCUT2D eigenvalue weighted by Gasteiger charge is -2.26. The zero-order valence-electron chi connectivity index (χ0n) is 11.2. The van der Waals surface area contributed by atoms with Gasteiger partial charge in [0.2, 0.25) is 0 Å². The summed E-state index contributed by atoms with van der Waals surface area (Å²) in [6.45, 7) is 9.67. The average molecular weight is 215 g/mol. The van der Waals surface area contributed by atoms with Crippen molar-refractivity contribution in [1.82, 2.24) is 5.32 Å². The van der Waals surface area contributed by atoms with E-state index in [0.717, 1.165) is 18.9 Å². The molecule has 0 bridgehead atoms. The third kappa shape index (κ3) is 6.91. The standard InChI is InChI=1S/C13H29NO/c1-6-13(15-7-2)12(14-5)10-8-9-11(3)4/h11-14H,6-10H2,1-5H3. The lowest BCUT2D eigenvalue weighted by atomic mass is 9.99. The molecule has 2 unspecified atom stereocenters. The van der Waals surface area contributed by atoms with Crippen LogP contribution in [0.2, 0.25) is 0 Å². The Balaban J connectivity index is 3.86. The van der Waals surface area contributed by atoms with Crippen LogP contribution >= 0.6 is 0 Å². The molecule has 0 aromatic heterocycles. The molecule has 0 aromatic carbocycles. The van der Waals surface area contributed by atoms with Crippen molar-refractivity contribution in [2.45, 2.75) is 65.5 Å². The maximum atomic E-state index is 5.74. The molecule has 0 amide bonds. The van der Waals surface area contributed by atoms with E-state index < -0.39 is 0 Å². The molecule has 0 radical (unpaired) electrons. The number of hydrogen-bond acceptors (Lipinski definition) is 2. The molecular weight excluding hydrogens is 186 g/mol. The van der Waals surface area contributed by atoms with Crippen LogP contribution < -0.4 is 5.32 Å². The van der Waals surface area contributed by atoms with E-state index in [4.69, 9.17) is 4.74 Å². The molecule has 1 N–H and O–H groups in total. The largest absolute Gasteiger partial charge is 0.377 e. The Hall–Kier alpha value is -0.0800. The second kappa shape index (κ2) is 9.17. The van der Waals surface area contributed by atoms with Crippen LogP contribution in [0.25, 0.3) is 0 Å². The maximum absolute atomic E-state index is 5.74. The molecule has 0 saturated heterocycles. The van der Waals surface area contributed by atoms with Crippen molar-refractivity contribution >= 4 is 0 Å². The van der Waals surface area contributed by atoms with Crippen LogP contribution in [0.3, 0.4) is 0 Å². The zero-order valence-corrected chi connectivity index (χ0v) is 11.2. The lowest BCUT2D eigenvalue weighted by molar-refractivity contribution is 0.0308. The Morgan fingerprint density at radius 3 is 2.20 bits per heavy atom. The molecule has 0 aliphatic heterocycles. The highest BCUT2D eigenvalue weighted by molar-refractivity contribution is 4.74. The quantitative estimate of drug-likeness (QED) is 0.637. The summed E-state index contributed by atoms with van der Waals surface area (Å²) < 4.78 is 5.74. The average Bonchev–Trinajstić information content (AvgIpc) is 2.21. The van der Waals surface area contributed by atoms with Crippen molar-refractivity contribution in [3.8, 4) is 0 Å². The topological polar surface area (TPSA) is 21.3 Å². The molecule has 0 fully saturated rings. The van der Waals surface area contributed by atoms with Crippen molar-refractivity contribution < 1.29 is 4.74 Å². The van der Waals surface area contributed by atoms with Gasteiger partial charge in [-0.2, -0.15) is 0 Å². The van der Waals surface area contributed by atoms with E-state index in [1.807, 2.05) is 7.05 Å². The Kier molecular flexibility index (Phi) is 9.12. The molecule has 0 aliphatic rings. The van der Waals surface area contributed by atoms with Gasteiger partial charge in [-0.25, -0.2) is 0 Å². The Labute approximate surface area is 95.8 Å². The SMILES string of the molecule is CCOC(CC)C(CCCC(C)C)NC. The first kappa shape index (κ1) is 14.9. The van der Waals surface area contributed by atoms with E-state index >= 15 is 0 Å². The van der Waals surface area contributed by atoms with Gasteiger partial charge in [0.15, 0.2) is 0 Å². The smallest absolute Gasteiger partial charge is 0.0725 e. The van der Waals surface area contributed by atoms with Crippen LogP contribution in [0.1, 0.15) is 53.4 Å². The van der Waals surface area contributed by atoms with E-state index in [2.05, 4.69) is 33.0 Å². The van der Waals surface area contributed by atoms with E-state index in [9.17, 15) is 0 Å². The lowest BCUT2D eigenvalue weighted by Crippen LogP contribution is -2.39. The summed E-state index contributed by atoms with van der Waals surface area (Å²) in [5, 5.41) is 3.39. The van der Waals surface area contributed by atoms with Gasteiger partial charge in [-0.15, -0.1) is 0 Å². The Bertz CT molecular complexity index is 136. The maximum Gasteiger partial charge on any atom is 0.0725 e. The Morgan fingerprint density at radius 2 is 1.80 bits per heavy atom. The number of hydrogen-bond donors (Lipinski definition) is 1. The predicted molar refractivity (Wildman–Crippen MR) is 67.2 cm³/mol. The molecule has 0 aliphatic carbocycles. The summed E-state index contributed by atoms with van der Waals surface area (Å²) in [5.74, 6) is 0.815. The van der Waals surface area contributed by atoms with Gasteiger partial charge in [-0.3, -0.25) is 0 Å². The van der Waals surface area contributed by atoms with Gasteiger partial charge in [0.1, 0.15) is 0 Å². The van der Waals surface area contributed by atoms with Crippen molar-refractivity contribution in [2.24, 2.45) is 5.92 Å². The zero-order chi connectivity index (χ0) is 11.7. The van der Waals surface area contributed by atoms with E-state index in [0.29, 0.717) is 12.1 Å². The van der Waals surface area contributed by atoms with Gasteiger partial charge in [0.05, 0.1) is 6.10 Å². The second-order valence-corrected chi connectivity index (χ2v) is 4.62. The summed E-state index contributed by atoms with van der Waals surface area (Å²) >= 11 is 0. The molecule has 2 nitrogen and oxygen atoms in total. The molecule has 2 atom stereocenters. The molecule has 15 heavy (non-hydrogen) atoms. The van der Waals surface area contributed by atoms with Crippen molar-refractivity contribution in [1.29, 1.82) is 0 Å². The van der Waals surface area contributed by atoms with Crippen LogP contribution in [-0.2, 0) is 4.74 Å². The van der Waals surface area contributed by atoms with Gasteiger partial charge in [0, 0.05) is 12.6 Å². The summed E-state index contributed by atoms with van der Waals surface area (Å²) in [6, 6.07) is 0.522. The third-order valence-electron chi connectivity index (χ3n) is 2.90. The second-order valence-electron chi connectivity index (χ2n) is 4.62. The Morgan fingerprint density at radius 1 is 1.13 bits per heavy atom. The van der Waals surface area contributed by atoms with E-state index in [-0.39, 0.29) is 0 Å². The fourth-order valence-electron chi connectivity index (χ4n) is 1.99. The molecular formula is C13H29NO. The molecule has 2 heteroatoms. The van der Waals surface area contributed by atoms with Crippen LogP contribution in [0.15, 0.2) is 0 Å². The van der Waals surface area contributed by atoms with E-state index in [1.165, 1.54) is 19.3 Å². The van der Waals surface area contributed by atoms with E-state index in [1.54, 1.807) is 0 Å². The monoisotopic (exact) mass is 215 g/mol. The number of ether oxygens (including phenoxy) is 1. The third-order valence-corrected chi connectivity index (χ3v) is 2.90. The first-order chi connectivity index (χ1) is 7.15. The first-order valence-corrected chi connectivity index (χ1v) is 6.44. The summed E-state index contributed by atoms with van der Waals surface area (Å²) in [6.07, 6.45) is 5.33. The van der Waals surface area contributed by atoms with Crippen LogP contribution in [-0.4, -0.2) is 25.8 Å². The first-order valence-electron chi connectivity index (χ1n) is 6.44. The highest BCUT2D eigenvalue weighted by Crippen LogP contribution is 2.14. The minimum absolute atomic E-state index is 0.382. The fraction of sp³-hybridized carbons (Fsp3) is 1.00. The summed E-state index contributed by atoms with van der Waals surface area (Å²) in [4.78, 5) is 0. The normalized spacial score (nSPS) is 15.6. The van der Waals surface area contributed by atoms with Crippen LogP contribution in [0, 0.1) is 5.92 Å². The van der Waals surface area contributed by atoms with Gasteiger partial charge in [-0.05, 0) is 32.7 Å². The summed E-state index contributed by atoms with van der Waals surface area (Å²) in [7, 11) is 2.04. The highest BCUT2D eigenvalue weighted by atomic mass is 16.5. The van der Waals surface area contributed by atoms with Crippen LogP contribution in [0.4, 0.5) is 0 Å². The molecule has 0 rings (SSSR count). The fourth-order valence-corrected chi connectivity index (χ4v) is 1.99.